The average Bonchev–Trinajstić information content (AvgIpc) is 2.30. The van der Waals surface area contributed by atoms with Crippen LogP contribution in [0.3, 0.4) is 0 Å². The summed E-state index contributed by atoms with van der Waals surface area (Å²) in [6.45, 7) is 11.8. The Balaban J connectivity index is 2.97. The van der Waals surface area contributed by atoms with Crippen LogP contribution in [0, 0.1) is 17.2 Å². The van der Waals surface area contributed by atoms with E-state index in [0.29, 0.717) is 5.92 Å². The van der Waals surface area contributed by atoms with E-state index < -0.39 is 0 Å². The summed E-state index contributed by atoms with van der Waals surface area (Å²) in [4.78, 5) is 0. The second-order valence-electron chi connectivity index (χ2n) is 6.28. The van der Waals surface area contributed by atoms with Gasteiger partial charge >= 0.3 is 0 Å². The largest absolute Gasteiger partial charge is 0.310 e. The van der Waals surface area contributed by atoms with Crippen LogP contribution in [0.15, 0.2) is 22.7 Å². The van der Waals surface area contributed by atoms with Gasteiger partial charge in [0, 0.05) is 16.1 Å². The van der Waals surface area contributed by atoms with Gasteiger partial charge in [0.25, 0.3) is 0 Å². The van der Waals surface area contributed by atoms with Crippen LogP contribution in [0.4, 0.5) is 4.39 Å². The number of nitrogens with one attached hydrogen (secondary N) is 1. The molecule has 0 bridgehead atoms. The minimum absolute atomic E-state index is 0.0664. The van der Waals surface area contributed by atoms with Crippen LogP contribution in [0.5, 0.6) is 0 Å². The predicted octanol–water partition coefficient (Wildman–Crippen LogP) is 5.31. The average molecular weight is 330 g/mol. The highest BCUT2D eigenvalue weighted by Gasteiger charge is 2.25. The number of halogens is 2. The van der Waals surface area contributed by atoms with Crippen LogP contribution < -0.4 is 5.32 Å². The quantitative estimate of drug-likeness (QED) is 0.771. The molecule has 0 saturated heterocycles. The van der Waals surface area contributed by atoms with Crippen molar-refractivity contribution in [2.24, 2.45) is 11.3 Å². The minimum Gasteiger partial charge on any atom is -0.310 e. The molecule has 2 unspecified atom stereocenters. The summed E-state index contributed by atoms with van der Waals surface area (Å²) in [5.74, 6) is 0.380. The van der Waals surface area contributed by atoms with Crippen molar-refractivity contribution in [2.45, 2.75) is 47.1 Å². The second kappa shape index (κ2) is 6.85. The standard InChI is InChI=1S/C16H25BrFN/c1-6-19-15(9-11(2)16(3,4)5)13-10-12(17)7-8-14(13)18/h7-8,10-11,15,19H,6,9H2,1-5H3. The molecule has 1 nitrogen and oxygen atoms in total. The van der Waals surface area contributed by atoms with Crippen LogP contribution in [-0.4, -0.2) is 6.54 Å². The van der Waals surface area contributed by atoms with Gasteiger partial charge in [0.1, 0.15) is 5.82 Å². The summed E-state index contributed by atoms with van der Waals surface area (Å²) in [5, 5.41) is 3.41. The molecule has 1 aromatic rings. The van der Waals surface area contributed by atoms with Crippen molar-refractivity contribution < 1.29 is 4.39 Å². The van der Waals surface area contributed by atoms with E-state index in [2.05, 4.69) is 55.9 Å². The Labute approximate surface area is 125 Å². The molecule has 2 atom stereocenters. The highest BCUT2D eigenvalue weighted by Crippen LogP contribution is 2.34. The first-order valence-electron chi connectivity index (χ1n) is 6.94. The van der Waals surface area contributed by atoms with E-state index in [1.54, 1.807) is 6.07 Å². The summed E-state index contributed by atoms with van der Waals surface area (Å²) in [7, 11) is 0. The third-order valence-corrected chi connectivity index (χ3v) is 4.34. The predicted molar refractivity (Wildman–Crippen MR) is 83.8 cm³/mol. The summed E-state index contributed by atoms with van der Waals surface area (Å²) >= 11 is 3.43. The van der Waals surface area contributed by atoms with Crippen LogP contribution in [0.1, 0.15) is 52.6 Å². The lowest BCUT2D eigenvalue weighted by Crippen LogP contribution is -2.28. The van der Waals surface area contributed by atoms with Gasteiger partial charge < -0.3 is 5.32 Å². The zero-order valence-electron chi connectivity index (χ0n) is 12.6. The van der Waals surface area contributed by atoms with Crippen molar-refractivity contribution in [3.05, 3.63) is 34.1 Å². The van der Waals surface area contributed by atoms with Gasteiger partial charge in [0.15, 0.2) is 0 Å². The zero-order chi connectivity index (χ0) is 14.6. The highest BCUT2D eigenvalue weighted by molar-refractivity contribution is 9.10. The third kappa shape index (κ3) is 4.88. The Morgan fingerprint density at radius 2 is 1.95 bits per heavy atom. The molecule has 0 fully saturated rings. The Bertz CT molecular complexity index is 412. The second-order valence-corrected chi connectivity index (χ2v) is 7.19. The van der Waals surface area contributed by atoms with Gasteiger partial charge in [0.05, 0.1) is 0 Å². The molecule has 1 aromatic carbocycles. The highest BCUT2D eigenvalue weighted by atomic mass is 79.9. The lowest BCUT2D eigenvalue weighted by Gasteiger charge is -2.31. The van der Waals surface area contributed by atoms with Gasteiger partial charge in [-0.25, -0.2) is 4.39 Å². The van der Waals surface area contributed by atoms with Crippen molar-refractivity contribution in [2.75, 3.05) is 6.54 Å². The molecule has 0 amide bonds. The number of benzene rings is 1. The van der Waals surface area contributed by atoms with Gasteiger partial charge in [-0.05, 0) is 42.5 Å². The summed E-state index contributed by atoms with van der Waals surface area (Å²) in [5.41, 5.74) is 0.989. The minimum atomic E-state index is -0.129. The maximum atomic E-state index is 14.0. The van der Waals surface area contributed by atoms with Gasteiger partial charge in [0.2, 0.25) is 0 Å². The van der Waals surface area contributed by atoms with E-state index in [0.717, 1.165) is 23.0 Å². The molecule has 0 saturated carbocycles. The van der Waals surface area contributed by atoms with Crippen molar-refractivity contribution >= 4 is 15.9 Å². The SMILES string of the molecule is CCNC(CC(C)C(C)(C)C)c1cc(Br)ccc1F. The van der Waals surface area contributed by atoms with E-state index in [4.69, 9.17) is 0 Å². The van der Waals surface area contributed by atoms with E-state index >= 15 is 0 Å². The molecule has 0 aliphatic carbocycles. The van der Waals surface area contributed by atoms with Gasteiger partial charge in [-0.2, -0.15) is 0 Å². The molecule has 19 heavy (non-hydrogen) atoms. The molecule has 0 heterocycles. The van der Waals surface area contributed by atoms with Crippen LogP contribution in [0.25, 0.3) is 0 Å². The molecule has 0 aromatic heterocycles. The number of rotatable bonds is 5. The molecule has 1 N–H and O–H groups in total. The molecule has 0 aliphatic heterocycles. The summed E-state index contributed by atoms with van der Waals surface area (Å²) in [6.07, 6.45) is 0.935. The third-order valence-electron chi connectivity index (χ3n) is 3.85. The fourth-order valence-corrected chi connectivity index (χ4v) is 2.43. The van der Waals surface area contributed by atoms with E-state index in [1.165, 1.54) is 6.07 Å². The molecular weight excluding hydrogens is 305 g/mol. The molecular formula is C16H25BrFN. The monoisotopic (exact) mass is 329 g/mol. The van der Waals surface area contributed by atoms with Crippen LogP contribution in [0.2, 0.25) is 0 Å². The molecule has 1 rings (SSSR count). The fraction of sp³-hybridized carbons (Fsp3) is 0.625. The lowest BCUT2D eigenvalue weighted by atomic mass is 9.77. The van der Waals surface area contributed by atoms with E-state index in [9.17, 15) is 4.39 Å². The maximum absolute atomic E-state index is 14.0. The summed E-state index contributed by atoms with van der Waals surface area (Å²) < 4.78 is 15.0. The Kier molecular flexibility index (Phi) is 6.00. The van der Waals surface area contributed by atoms with Crippen molar-refractivity contribution in [1.29, 1.82) is 0 Å². The van der Waals surface area contributed by atoms with Gasteiger partial charge in [-0.15, -0.1) is 0 Å². The Morgan fingerprint density at radius 1 is 1.32 bits per heavy atom. The van der Waals surface area contributed by atoms with E-state index in [-0.39, 0.29) is 17.3 Å². The smallest absolute Gasteiger partial charge is 0.128 e. The van der Waals surface area contributed by atoms with Gasteiger partial charge in [-0.3, -0.25) is 0 Å². The first-order chi connectivity index (χ1) is 8.75. The molecule has 0 radical (unpaired) electrons. The van der Waals surface area contributed by atoms with E-state index in [1.807, 2.05) is 6.07 Å². The first-order valence-corrected chi connectivity index (χ1v) is 7.73. The van der Waals surface area contributed by atoms with Crippen LogP contribution >= 0.6 is 15.9 Å². The molecule has 0 spiro atoms. The topological polar surface area (TPSA) is 12.0 Å². The zero-order valence-corrected chi connectivity index (χ0v) is 14.1. The summed E-state index contributed by atoms with van der Waals surface area (Å²) in [6, 6.07) is 5.23. The van der Waals surface area contributed by atoms with Gasteiger partial charge in [-0.1, -0.05) is 50.5 Å². The number of hydrogen-bond donors (Lipinski definition) is 1. The lowest BCUT2D eigenvalue weighted by molar-refractivity contribution is 0.222. The molecule has 0 aliphatic rings. The van der Waals surface area contributed by atoms with Crippen molar-refractivity contribution in [1.82, 2.24) is 5.32 Å². The van der Waals surface area contributed by atoms with Crippen molar-refractivity contribution in [3.8, 4) is 0 Å². The number of hydrogen-bond acceptors (Lipinski definition) is 1. The maximum Gasteiger partial charge on any atom is 0.128 e. The van der Waals surface area contributed by atoms with Crippen molar-refractivity contribution in [3.63, 3.8) is 0 Å². The fourth-order valence-electron chi connectivity index (χ4n) is 2.06. The van der Waals surface area contributed by atoms with Crippen LogP contribution in [-0.2, 0) is 0 Å². The first kappa shape index (κ1) is 16.6. The Hall–Kier alpha value is -0.410. The normalized spacial score (nSPS) is 15.3. The molecule has 3 heteroatoms. The Morgan fingerprint density at radius 3 is 2.47 bits per heavy atom. The molecule has 108 valence electrons.